The fourth-order valence-electron chi connectivity index (χ4n) is 3.78. The van der Waals surface area contributed by atoms with Gasteiger partial charge in [-0.1, -0.05) is 6.92 Å². The molecule has 4 nitrogen and oxygen atoms in total. The van der Waals surface area contributed by atoms with Crippen molar-refractivity contribution in [1.82, 2.24) is 5.32 Å². The van der Waals surface area contributed by atoms with Crippen LogP contribution in [-0.4, -0.2) is 46.7 Å². The first-order valence-corrected chi connectivity index (χ1v) is 9.72. The molecule has 5 heteroatoms. The van der Waals surface area contributed by atoms with Crippen LogP contribution < -0.4 is 5.32 Å². The minimum absolute atomic E-state index is 0.275. The van der Waals surface area contributed by atoms with Crippen molar-refractivity contribution in [1.29, 1.82) is 0 Å². The average Bonchev–Trinajstić information content (AvgIpc) is 3.03. The van der Waals surface area contributed by atoms with E-state index in [2.05, 4.69) is 5.32 Å². The fourth-order valence-corrected chi connectivity index (χ4v) is 4.65. The Balaban J connectivity index is 1.78. The number of ether oxygens (including phenoxy) is 1. The molecule has 1 N–H and O–H groups in total. The molecule has 2 aliphatic carbocycles. The molecule has 0 bridgehead atoms. The number of hydrogen-bond acceptors (Lipinski definition) is 4. The zero-order chi connectivity index (χ0) is 14.6. The number of rotatable bonds is 10. The molecule has 20 heavy (non-hydrogen) atoms. The summed E-state index contributed by atoms with van der Waals surface area (Å²) in [5.41, 5.74) is 0.352. The second-order valence-electron chi connectivity index (χ2n) is 6.67. The second kappa shape index (κ2) is 6.75. The summed E-state index contributed by atoms with van der Waals surface area (Å²) in [6.07, 6.45) is 5.88. The molecule has 0 radical (unpaired) electrons. The summed E-state index contributed by atoms with van der Waals surface area (Å²) in [7, 11) is -1.09. The molecule has 2 saturated carbocycles. The normalized spacial score (nSPS) is 32.3. The highest BCUT2D eigenvalue weighted by Gasteiger charge is 2.52. The van der Waals surface area contributed by atoms with Gasteiger partial charge >= 0.3 is 0 Å². The number of nitrogens with one attached hydrogen (secondary N) is 1. The molecule has 2 atom stereocenters. The van der Waals surface area contributed by atoms with Crippen LogP contribution in [0.2, 0.25) is 0 Å². The lowest BCUT2D eigenvalue weighted by Crippen LogP contribution is -2.35. The monoisotopic (exact) mass is 303 g/mol. The van der Waals surface area contributed by atoms with Crippen LogP contribution in [0.4, 0.5) is 0 Å². The Morgan fingerprint density at radius 2 is 2.00 bits per heavy atom. The number of fused-ring (bicyclic) bond motifs is 1. The molecule has 0 saturated heterocycles. The molecule has 0 aromatic rings. The summed E-state index contributed by atoms with van der Waals surface area (Å²) in [6.45, 7) is 4.39. The first-order chi connectivity index (χ1) is 9.50. The number of sulfone groups is 1. The van der Waals surface area contributed by atoms with Crippen LogP contribution in [-0.2, 0) is 14.6 Å². The van der Waals surface area contributed by atoms with Gasteiger partial charge in [0, 0.05) is 26.0 Å². The van der Waals surface area contributed by atoms with E-state index in [1.807, 2.05) is 0 Å². The first-order valence-electron chi connectivity index (χ1n) is 7.90. The molecule has 2 rings (SSSR count). The third-order valence-corrected chi connectivity index (χ3v) is 6.84. The average molecular weight is 303 g/mol. The van der Waals surface area contributed by atoms with E-state index >= 15 is 0 Å². The Kier molecular flexibility index (Phi) is 5.49. The summed E-state index contributed by atoms with van der Waals surface area (Å²) < 4.78 is 28.3. The SMILES string of the molecule is CCS(=O)(=O)CCCC1(CNCCOC)CC2CC2C1. The zero-order valence-electron chi connectivity index (χ0n) is 12.9. The maximum Gasteiger partial charge on any atom is 0.150 e. The number of methoxy groups -OCH3 is 1. The molecule has 2 aliphatic rings. The van der Waals surface area contributed by atoms with Gasteiger partial charge in [0.25, 0.3) is 0 Å². The maximum absolute atomic E-state index is 11.6. The van der Waals surface area contributed by atoms with E-state index in [9.17, 15) is 8.42 Å². The van der Waals surface area contributed by atoms with Gasteiger partial charge in [-0.05, 0) is 49.4 Å². The highest BCUT2D eigenvalue weighted by molar-refractivity contribution is 7.91. The standard InChI is InChI=1S/C15H29NO3S/c1-3-20(17,18)8-4-5-15(12-16-6-7-19-2)10-13-9-14(13)11-15/h13-14,16H,3-12H2,1-2H3. The van der Waals surface area contributed by atoms with Gasteiger partial charge in [0.2, 0.25) is 0 Å². The third kappa shape index (κ3) is 4.43. The highest BCUT2D eigenvalue weighted by atomic mass is 32.2. The molecule has 0 amide bonds. The first kappa shape index (κ1) is 16.2. The summed E-state index contributed by atoms with van der Waals surface area (Å²) in [5.74, 6) is 2.50. The lowest BCUT2D eigenvalue weighted by molar-refractivity contribution is 0.182. The second-order valence-corrected chi connectivity index (χ2v) is 9.15. The predicted octanol–water partition coefficient (Wildman–Crippen LogP) is 1.85. The Morgan fingerprint density at radius 3 is 2.60 bits per heavy atom. The molecule has 2 unspecified atom stereocenters. The fraction of sp³-hybridized carbons (Fsp3) is 1.00. The van der Waals surface area contributed by atoms with Gasteiger partial charge < -0.3 is 10.1 Å². The van der Waals surface area contributed by atoms with Gasteiger partial charge in [0.05, 0.1) is 12.4 Å². The van der Waals surface area contributed by atoms with E-state index < -0.39 is 9.84 Å². The quantitative estimate of drug-likeness (QED) is 0.626. The molecular weight excluding hydrogens is 274 g/mol. The van der Waals surface area contributed by atoms with Crippen LogP contribution in [0, 0.1) is 17.3 Å². The van der Waals surface area contributed by atoms with E-state index in [4.69, 9.17) is 4.74 Å². The van der Waals surface area contributed by atoms with Crippen molar-refractivity contribution in [2.24, 2.45) is 17.3 Å². The molecule has 0 aromatic carbocycles. The molecule has 0 aliphatic heterocycles. The van der Waals surface area contributed by atoms with Crippen molar-refractivity contribution in [3.05, 3.63) is 0 Å². The van der Waals surface area contributed by atoms with E-state index in [1.165, 1.54) is 19.3 Å². The van der Waals surface area contributed by atoms with Crippen LogP contribution in [0.3, 0.4) is 0 Å². The van der Waals surface area contributed by atoms with Crippen LogP contribution in [0.25, 0.3) is 0 Å². The largest absolute Gasteiger partial charge is 0.383 e. The van der Waals surface area contributed by atoms with Gasteiger partial charge in [0.1, 0.15) is 9.84 Å². The zero-order valence-corrected chi connectivity index (χ0v) is 13.7. The topological polar surface area (TPSA) is 55.4 Å². The Hall–Kier alpha value is -0.130. The minimum Gasteiger partial charge on any atom is -0.383 e. The molecule has 118 valence electrons. The highest BCUT2D eigenvalue weighted by Crippen LogP contribution is 2.61. The van der Waals surface area contributed by atoms with Crippen molar-refractivity contribution in [2.45, 2.75) is 39.0 Å². The van der Waals surface area contributed by atoms with E-state index in [1.54, 1.807) is 14.0 Å². The van der Waals surface area contributed by atoms with Crippen LogP contribution in [0.15, 0.2) is 0 Å². The van der Waals surface area contributed by atoms with E-state index in [0.29, 0.717) is 11.2 Å². The Labute approximate surface area is 123 Å². The number of hydrogen-bond donors (Lipinski definition) is 1. The Bertz CT molecular complexity index is 397. The molecule has 0 aromatic heterocycles. The minimum atomic E-state index is -2.81. The van der Waals surface area contributed by atoms with Crippen molar-refractivity contribution < 1.29 is 13.2 Å². The summed E-state index contributed by atoms with van der Waals surface area (Å²) in [6, 6.07) is 0. The third-order valence-electron chi connectivity index (χ3n) is 5.04. The van der Waals surface area contributed by atoms with Crippen LogP contribution in [0.1, 0.15) is 39.0 Å². The van der Waals surface area contributed by atoms with Gasteiger partial charge in [0.15, 0.2) is 0 Å². The van der Waals surface area contributed by atoms with Crippen molar-refractivity contribution in [2.75, 3.05) is 38.3 Å². The van der Waals surface area contributed by atoms with Gasteiger partial charge in [-0.15, -0.1) is 0 Å². The van der Waals surface area contributed by atoms with E-state index in [0.717, 1.165) is 44.4 Å². The van der Waals surface area contributed by atoms with Crippen molar-refractivity contribution >= 4 is 9.84 Å². The summed E-state index contributed by atoms with van der Waals surface area (Å²) in [5, 5.41) is 3.50. The van der Waals surface area contributed by atoms with Gasteiger partial charge in [-0.2, -0.15) is 0 Å². The molecule has 0 heterocycles. The smallest absolute Gasteiger partial charge is 0.150 e. The molecule has 0 spiro atoms. The maximum atomic E-state index is 11.6. The van der Waals surface area contributed by atoms with Crippen molar-refractivity contribution in [3.8, 4) is 0 Å². The van der Waals surface area contributed by atoms with Crippen LogP contribution in [0.5, 0.6) is 0 Å². The van der Waals surface area contributed by atoms with Crippen molar-refractivity contribution in [3.63, 3.8) is 0 Å². The van der Waals surface area contributed by atoms with Gasteiger partial charge in [-0.25, -0.2) is 8.42 Å². The summed E-state index contributed by atoms with van der Waals surface area (Å²) >= 11 is 0. The lowest BCUT2D eigenvalue weighted by atomic mass is 9.79. The lowest BCUT2D eigenvalue weighted by Gasteiger charge is -2.31. The Morgan fingerprint density at radius 1 is 1.30 bits per heavy atom. The molecule has 2 fully saturated rings. The van der Waals surface area contributed by atoms with Gasteiger partial charge in [-0.3, -0.25) is 0 Å². The van der Waals surface area contributed by atoms with E-state index in [-0.39, 0.29) is 5.75 Å². The predicted molar refractivity (Wildman–Crippen MR) is 81.6 cm³/mol. The summed E-state index contributed by atoms with van der Waals surface area (Å²) in [4.78, 5) is 0. The molecular formula is C15H29NO3S. The van der Waals surface area contributed by atoms with Crippen LogP contribution >= 0.6 is 0 Å².